The molecule has 0 unspecified atom stereocenters. The summed E-state index contributed by atoms with van der Waals surface area (Å²) in [5, 5.41) is 9.47. The molecule has 1 aromatic carbocycles. The molecule has 0 atom stereocenters. The van der Waals surface area contributed by atoms with Crippen molar-refractivity contribution < 1.29 is 9.90 Å². The third-order valence-electron chi connectivity index (χ3n) is 3.01. The number of hydrogen-bond donors (Lipinski definition) is 1. The second kappa shape index (κ2) is 9.96. The van der Waals surface area contributed by atoms with Crippen LogP contribution in [0.5, 0.6) is 0 Å². The lowest BCUT2D eigenvalue weighted by Crippen LogP contribution is -1.93. The molecule has 0 aliphatic heterocycles. The van der Waals surface area contributed by atoms with E-state index in [1.807, 2.05) is 30.5 Å². The Bertz CT molecular complexity index is 446. The molecule has 0 saturated heterocycles. The van der Waals surface area contributed by atoms with Crippen LogP contribution in [0.25, 0.3) is 10.9 Å². The Morgan fingerprint density at radius 1 is 1.05 bits per heavy atom. The van der Waals surface area contributed by atoms with E-state index in [0.717, 1.165) is 18.4 Å². The van der Waals surface area contributed by atoms with E-state index >= 15 is 0 Å². The number of carboxylic acids is 1. The van der Waals surface area contributed by atoms with Gasteiger partial charge in [-0.3, -0.25) is 9.78 Å². The van der Waals surface area contributed by atoms with E-state index in [1.165, 1.54) is 24.6 Å². The molecule has 2 aromatic rings. The number of fused-ring (bicyclic) bond motifs is 1. The van der Waals surface area contributed by atoms with Gasteiger partial charge in [0.2, 0.25) is 0 Å². The quantitative estimate of drug-likeness (QED) is 0.778. The molecule has 3 nitrogen and oxygen atoms in total. The first kappa shape index (κ1) is 16.2. The number of para-hydroxylation sites is 1. The van der Waals surface area contributed by atoms with Crippen LogP contribution >= 0.6 is 0 Å². The van der Waals surface area contributed by atoms with Gasteiger partial charge < -0.3 is 5.11 Å². The lowest BCUT2D eigenvalue weighted by atomic mass is 10.1. The standard InChI is InChI=1S/C9H7N.C8H16O2/c1-2-6-9-8(4-1)5-3-7-10-9;1-2-3-4-5-6-7-8(9)10/h1-7H;2-7H2,1H3,(H,9,10). The SMILES string of the molecule is CCCCCCCC(=O)O.c1ccc2ncccc2c1. The van der Waals surface area contributed by atoms with Gasteiger partial charge in [-0.05, 0) is 18.6 Å². The van der Waals surface area contributed by atoms with Gasteiger partial charge in [-0.15, -0.1) is 0 Å². The van der Waals surface area contributed by atoms with Crippen LogP contribution in [0.3, 0.4) is 0 Å². The largest absolute Gasteiger partial charge is 0.481 e. The second-order valence-electron chi connectivity index (χ2n) is 4.75. The van der Waals surface area contributed by atoms with Crippen molar-refractivity contribution in [3.63, 3.8) is 0 Å². The van der Waals surface area contributed by atoms with E-state index in [2.05, 4.69) is 24.0 Å². The minimum Gasteiger partial charge on any atom is -0.481 e. The molecule has 20 heavy (non-hydrogen) atoms. The van der Waals surface area contributed by atoms with Crippen molar-refractivity contribution in [2.45, 2.75) is 45.4 Å². The highest BCUT2D eigenvalue weighted by Crippen LogP contribution is 2.08. The summed E-state index contributed by atoms with van der Waals surface area (Å²) in [5.41, 5.74) is 1.06. The first-order chi connectivity index (χ1) is 9.74. The molecule has 0 aliphatic carbocycles. The van der Waals surface area contributed by atoms with Crippen molar-refractivity contribution in [3.05, 3.63) is 42.6 Å². The van der Waals surface area contributed by atoms with Crippen LogP contribution in [-0.4, -0.2) is 16.1 Å². The highest BCUT2D eigenvalue weighted by molar-refractivity contribution is 5.77. The summed E-state index contributed by atoms with van der Waals surface area (Å²) in [5.74, 6) is -0.670. The fourth-order valence-electron chi connectivity index (χ4n) is 1.90. The monoisotopic (exact) mass is 273 g/mol. The number of carbonyl (C=O) groups is 1. The molecule has 0 spiro atoms. The van der Waals surface area contributed by atoms with Crippen molar-refractivity contribution >= 4 is 16.9 Å². The molecule has 0 bridgehead atoms. The van der Waals surface area contributed by atoms with Gasteiger partial charge in [-0.1, -0.05) is 56.9 Å². The number of aliphatic carboxylic acids is 1. The molecule has 0 radical (unpaired) electrons. The Kier molecular flexibility index (Phi) is 8.04. The molecule has 0 amide bonds. The average Bonchev–Trinajstić information content (AvgIpc) is 2.48. The molecule has 3 heteroatoms. The summed E-state index contributed by atoms with van der Waals surface area (Å²) in [6, 6.07) is 12.1. The minimum absolute atomic E-state index is 0.337. The average molecular weight is 273 g/mol. The highest BCUT2D eigenvalue weighted by atomic mass is 16.4. The van der Waals surface area contributed by atoms with Gasteiger partial charge in [-0.25, -0.2) is 0 Å². The molecule has 0 saturated carbocycles. The predicted molar refractivity (Wildman–Crippen MR) is 82.8 cm³/mol. The van der Waals surface area contributed by atoms with Crippen LogP contribution in [0.2, 0.25) is 0 Å². The zero-order valence-corrected chi connectivity index (χ0v) is 12.1. The Morgan fingerprint density at radius 3 is 2.45 bits per heavy atom. The number of unbranched alkanes of at least 4 members (excludes halogenated alkanes) is 4. The van der Waals surface area contributed by atoms with Crippen molar-refractivity contribution in [1.29, 1.82) is 0 Å². The van der Waals surface area contributed by atoms with Crippen LogP contribution in [0, 0.1) is 0 Å². The van der Waals surface area contributed by atoms with Gasteiger partial charge in [0, 0.05) is 18.0 Å². The molecular formula is C17H23NO2. The normalized spacial score (nSPS) is 9.85. The van der Waals surface area contributed by atoms with Crippen LogP contribution in [0.1, 0.15) is 45.4 Å². The maximum atomic E-state index is 10.0. The van der Waals surface area contributed by atoms with E-state index in [0.29, 0.717) is 6.42 Å². The van der Waals surface area contributed by atoms with Crippen molar-refractivity contribution in [1.82, 2.24) is 4.98 Å². The zero-order valence-electron chi connectivity index (χ0n) is 12.1. The summed E-state index contributed by atoms with van der Waals surface area (Å²) in [6.45, 7) is 2.15. The number of carboxylic acid groups (broad SMARTS) is 1. The molecule has 0 fully saturated rings. The Morgan fingerprint density at radius 2 is 1.75 bits per heavy atom. The maximum absolute atomic E-state index is 10.0. The predicted octanol–water partition coefficient (Wildman–Crippen LogP) is 4.67. The number of hydrogen-bond acceptors (Lipinski definition) is 2. The van der Waals surface area contributed by atoms with Gasteiger partial charge in [0.25, 0.3) is 0 Å². The summed E-state index contributed by atoms with van der Waals surface area (Å²) in [4.78, 5) is 14.2. The smallest absolute Gasteiger partial charge is 0.303 e. The number of nitrogens with zero attached hydrogens (tertiary/aromatic N) is 1. The second-order valence-corrected chi connectivity index (χ2v) is 4.75. The number of pyridine rings is 1. The first-order valence-electron chi connectivity index (χ1n) is 7.25. The van der Waals surface area contributed by atoms with Crippen LogP contribution in [0.4, 0.5) is 0 Å². The van der Waals surface area contributed by atoms with Gasteiger partial charge in [0.05, 0.1) is 5.52 Å². The highest BCUT2D eigenvalue weighted by Gasteiger charge is 1.94. The third kappa shape index (κ3) is 6.88. The Hall–Kier alpha value is -1.90. The molecule has 2 rings (SSSR count). The van der Waals surface area contributed by atoms with Gasteiger partial charge in [0.1, 0.15) is 0 Å². The summed E-state index contributed by atoms with van der Waals surface area (Å²) < 4.78 is 0. The molecule has 1 N–H and O–H groups in total. The topological polar surface area (TPSA) is 50.2 Å². The number of rotatable bonds is 6. The van der Waals surface area contributed by atoms with Crippen LogP contribution in [-0.2, 0) is 4.79 Å². The van der Waals surface area contributed by atoms with Crippen LogP contribution in [0.15, 0.2) is 42.6 Å². The van der Waals surface area contributed by atoms with E-state index in [-0.39, 0.29) is 0 Å². The molecule has 1 heterocycles. The molecule has 1 aromatic heterocycles. The van der Waals surface area contributed by atoms with Crippen molar-refractivity contribution in [2.24, 2.45) is 0 Å². The first-order valence-corrected chi connectivity index (χ1v) is 7.25. The lowest BCUT2D eigenvalue weighted by Gasteiger charge is -1.95. The van der Waals surface area contributed by atoms with E-state index < -0.39 is 5.97 Å². The number of aromatic nitrogens is 1. The maximum Gasteiger partial charge on any atom is 0.303 e. The zero-order chi connectivity index (χ0) is 14.6. The van der Waals surface area contributed by atoms with Gasteiger partial charge >= 0.3 is 5.97 Å². The van der Waals surface area contributed by atoms with Gasteiger partial charge in [-0.2, -0.15) is 0 Å². The summed E-state index contributed by atoms with van der Waals surface area (Å²) >= 11 is 0. The van der Waals surface area contributed by atoms with E-state index in [4.69, 9.17) is 5.11 Å². The van der Waals surface area contributed by atoms with E-state index in [1.54, 1.807) is 0 Å². The lowest BCUT2D eigenvalue weighted by molar-refractivity contribution is -0.137. The summed E-state index contributed by atoms with van der Waals surface area (Å²) in [6.07, 6.45) is 7.69. The van der Waals surface area contributed by atoms with Crippen molar-refractivity contribution in [3.8, 4) is 0 Å². The molecule has 0 aliphatic rings. The molecule has 108 valence electrons. The minimum atomic E-state index is -0.670. The fourth-order valence-corrected chi connectivity index (χ4v) is 1.90. The Balaban J connectivity index is 0.000000200. The summed E-state index contributed by atoms with van der Waals surface area (Å²) in [7, 11) is 0. The van der Waals surface area contributed by atoms with Gasteiger partial charge in [0.15, 0.2) is 0 Å². The fraction of sp³-hybridized carbons (Fsp3) is 0.412. The van der Waals surface area contributed by atoms with Crippen molar-refractivity contribution in [2.75, 3.05) is 0 Å². The van der Waals surface area contributed by atoms with Crippen LogP contribution < -0.4 is 0 Å². The molecular weight excluding hydrogens is 250 g/mol. The number of benzene rings is 1. The van der Waals surface area contributed by atoms with E-state index in [9.17, 15) is 4.79 Å². The Labute approximate surface area is 120 Å². The third-order valence-corrected chi connectivity index (χ3v) is 3.01.